The third kappa shape index (κ3) is 3.67. The van der Waals surface area contributed by atoms with Gasteiger partial charge in [-0.15, -0.1) is 0 Å². The normalized spacial score (nSPS) is 14.0. The topological polar surface area (TPSA) is 74.5 Å². The van der Waals surface area contributed by atoms with Crippen LogP contribution in [0, 0.1) is 16.2 Å². The maximum absolute atomic E-state index is 10.4. The number of benzene rings is 1. The fourth-order valence-electron chi connectivity index (χ4n) is 3.20. The molecule has 3 rings (SSSR count). The fourth-order valence-corrected chi connectivity index (χ4v) is 3.47. The quantitative estimate of drug-likeness (QED) is 0.837. The maximum Gasteiger partial charge on any atom is 0.272 e. The number of rotatable bonds is 5. The number of aryl methyl sites for hydroxylation is 2. The third-order valence-corrected chi connectivity index (χ3v) is 4.63. The number of fused-ring (bicyclic) bond motifs is 1. The minimum absolute atomic E-state index is 0.0281. The minimum atomic E-state index is -0.0281. The summed E-state index contributed by atoms with van der Waals surface area (Å²) in [6.45, 7) is 3.37. The maximum atomic E-state index is 10.4. The highest BCUT2D eigenvalue weighted by atomic mass is 32.1. The van der Waals surface area contributed by atoms with Gasteiger partial charge in [-0.25, -0.2) is 0 Å². The highest BCUT2D eigenvalue weighted by molar-refractivity contribution is 7.71. The average molecular weight is 355 g/mol. The van der Waals surface area contributed by atoms with E-state index in [9.17, 15) is 5.11 Å². The van der Waals surface area contributed by atoms with E-state index in [0.717, 1.165) is 42.8 Å². The third-order valence-electron chi connectivity index (χ3n) is 4.32. The largest absolute Gasteiger partial charge is 0.492 e. The lowest BCUT2D eigenvalue weighted by Gasteiger charge is -2.11. The lowest BCUT2D eigenvalue weighted by molar-refractivity contribution is 0.415. The van der Waals surface area contributed by atoms with E-state index in [1.54, 1.807) is 0 Å². The van der Waals surface area contributed by atoms with Crippen LogP contribution in [-0.2, 0) is 19.4 Å². The molecular weight excluding hydrogens is 334 g/mol. The number of nitriles is 1. The molecule has 1 aliphatic heterocycles. The molecule has 5 nitrogen and oxygen atoms in total. The molecule has 2 heterocycles. The summed E-state index contributed by atoms with van der Waals surface area (Å²) in [6, 6.07) is 6.27. The average Bonchev–Trinajstić information content (AvgIpc) is 2.87. The zero-order chi connectivity index (χ0) is 17.8. The zero-order valence-corrected chi connectivity index (χ0v) is 15.1. The first-order valence-electron chi connectivity index (χ1n) is 8.61. The molecule has 1 aliphatic rings. The monoisotopic (exact) mass is 355 g/mol. The molecule has 0 atom stereocenters. The van der Waals surface area contributed by atoms with Crippen molar-refractivity contribution in [3.63, 3.8) is 0 Å². The molecule has 1 aromatic carbocycles. The van der Waals surface area contributed by atoms with Gasteiger partial charge in [-0.2, -0.15) is 5.26 Å². The van der Waals surface area contributed by atoms with Crippen molar-refractivity contribution in [1.82, 2.24) is 4.57 Å². The van der Waals surface area contributed by atoms with Crippen molar-refractivity contribution in [3.05, 3.63) is 44.4 Å². The Morgan fingerprint density at radius 3 is 3.08 bits per heavy atom. The predicted octanol–water partition coefficient (Wildman–Crippen LogP) is 2.78. The van der Waals surface area contributed by atoms with Gasteiger partial charge < -0.3 is 9.52 Å². The second-order valence-corrected chi connectivity index (χ2v) is 6.53. The number of hydrogen-bond donors (Lipinski definition) is 1. The molecule has 0 fully saturated rings. The van der Waals surface area contributed by atoms with Gasteiger partial charge in [0.05, 0.1) is 17.8 Å². The molecule has 0 saturated carbocycles. The van der Waals surface area contributed by atoms with Crippen molar-refractivity contribution in [2.24, 2.45) is 4.99 Å². The summed E-state index contributed by atoms with van der Waals surface area (Å²) >= 11 is 5.15. The summed E-state index contributed by atoms with van der Waals surface area (Å²) in [5, 5.41) is 21.2. The molecule has 0 amide bonds. The van der Waals surface area contributed by atoms with Crippen LogP contribution in [0.25, 0.3) is 6.08 Å². The summed E-state index contributed by atoms with van der Waals surface area (Å²) in [5.41, 5.74) is 2.50. The number of hydrogen-bond acceptors (Lipinski definition) is 5. The van der Waals surface area contributed by atoms with Gasteiger partial charge in [-0.3, -0.25) is 9.56 Å². The first-order chi connectivity index (χ1) is 12.1. The van der Waals surface area contributed by atoms with E-state index in [1.165, 1.54) is 15.7 Å². The van der Waals surface area contributed by atoms with E-state index in [-0.39, 0.29) is 17.1 Å². The van der Waals surface area contributed by atoms with Crippen LogP contribution in [0.2, 0.25) is 0 Å². The molecule has 1 aromatic heterocycles. The Hall–Kier alpha value is -2.39. The van der Waals surface area contributed by atoms with Crippen molar-refractivity contribution in [3.8, 4) is 11.9 Å². The highest BCUT2D eigenvalue weighted by Crippen LogP contribution is 2.21. The van der Waals surface area contributed by atoms with Crippen molar-refractivity contribution in [2.45, 2.75) is 45.6 Å². The molecule has 0 bridgehead atoms. The molecule has 25 heavy (non-hydrogen) atoms. The van der Waals surface area contributed by atoms with Crippen molar-refractivity contribution in [1.29, 1.82) is 5.26 Å². The highest BCUT2D eigenvalue weighted by Gasteiger charge is 2.12. The van der Waals surface area contributed by atoms with Crippen LogP contribution in [0.4, 0.5) is 0 Å². The van der Waals surface area contributed by atoms with E-state index < -0.39 is 0 Å². The summed E-state index contributed by atoms with van der Waals surface area (Å²) in [4.78, 5) is 4.87. The second-order valence-electron chi connectivity index (χ2n) is 6.18. The van der Waals surface area contributed by atoms with E-state index in [0.29, 0.717) is 12.3 Å². The van der Waals surface area contributed by atoms with Crippen molar-refractivity contribution >= 4 is 18.3 Å². The molecular formula is C19H21N3O2S. The number of aromatic nitrogens is 1. The van der Waals surface area contributed by atoms with Crippen LogP contribution >= 0.6 is 12.2 Å². The van der Waals surface area contributed by atoms with Gasteiger partial charge in [-0.1, -0.05) is 13.3 Å². The summed E-state index contributed by atoms with van der Waals surface area (Å²) in [7, 11) is 0. The summed E-state index contributed by atoms with van der Waals surface area (Å²) < 4.78 is 6.98. The van der Waals surface area contributed by atoms with Crippen LogP contribution in [0.5, 0.6) is 5.88 Å². The lowest BCUT2D eigenvalue weighted by Crippen LogP contribution is -2.25. The predicted molar refractivity (Wildman–Crippen MR) is 97.4 cm³/mol. The second kappa shape index (κ2) is 7.66. The molecule has 0 aliphatic carbocycles. The van der Waals surface area contributed by atoms with Crippen LogP contribution in [-0.4, -0.2) is 16.2 Å². The SMILES string of the molecule is CCCc1cc(=Cc2oc(=S)n(CCC#N)c2O)cc2c1=NCCC2. The van der Waals surface area contributed by atoms with Crippen LogP contribution < -0.4 is 10.6 Å². The Morgan fingerprint density at radius 1 is 1.48 bits per heavy atom. The Kier molecular flexibility index (Phi) is 5.34. The standard InChI is InChI=1S/C19H21N3O2S/c1-2-5-14-10-13(11-15-6-3-8-21-17(14)15)12-16-18(23)22(9-4-7-20)19(25)24-16/h10-12,23H,2-6,8-9H2,1H3. The van der Waals surface area contributed by atoms with Gasteiger partial charge in [0.2, 0.25) is 5.88 Å². The fraction of sp³-hybridized carbons (Fsp3) is 0.421. The molecule has 0 unspecified atom stereocenters. The Labute approximate surface area is 151 Å². The summed E-state index contributed by atoms with van der Waals surface area (Å²) in [6.07, 6.45) is 6.20. The first kappa shape index (κ1) is 17.4. The van der Waals surface area contributed by atoms with Crippen molar-refractivity contribution in [2.75, 3.05) is 6.54 Å². The van der Waals surface area contributed by atoms with E-state index in [1.807, 2.05) is 12.1 Å². The Bertz CT molecular complexity index is 995. The molecule has 0 saturated heterocycles. The van der Waals surface area contributed by atoms with Crippen LogP contribution in [0.3, 0.4) is 0 Å². The number of aromatic hydroxyl groups is 1. The van der Waals surface area contributed by atoms with Gasteiger partial charge in [0.25, 0.3) is 4.84 Å². The number of nitrogens with zero attached hydrogens (tertiary/aromatic N) is 3. The molecule has 6 heteroatoms. The van der Waals surface area contributed by atoms with Gasteiger partial charge in [0, 0.05) is 13.1 Å². The van der Waals surface area contributed by atoms with E-state index in [2.05, 4.69) is 19.1 Å². The molecule has 0 radical (unpaired) electrons. The van der Waals surface area contributed by atoms with Gasteiger partial charge in [0.15, 0.2) is 5.76 Å². The molecule has 2 aromatic rings. The van der Waals surface area contributed by atoms with Gasteiger partial charge in [-0.05, 0) is 66.0 Å². The number of oxazole rings is 1. The summed E-state index contributed by atoms with van der Waals surface area (Å²) in [5.74, 6) is 0.304. The van der Waals surface area contributed by atoms with Gasteiger partial charge >= 0.3 is 0 Å². The minimum Gasteiger partial charge on any atom is -0.492 e. The first-order valence-corrected chi connectivity index (χ1v) is 9.02. The van der Waals surface area contributed by atoms with E-state index in [4.69, 9.17) is 26.9 Å². The van der Waals surface area contributed by atoms with Gasteiger partial charge in [0.1, 0.15) is 0 Å². The smallest absolute Gasteiger partial charge is 0.272 e. The van der Waals surface area contributed by atoms with Crippen LogP contribution in [0.1, 0.15) is 43.1 Å². The molecule has 1 N–H and O–H groups in total. The van der Waals surface area contributed by atoms with Crippen molar-refractivity contribution < 1.29 is 9.52 Å². The van der Waals surface area contributed by atoms with E-state index >= 15 is 0 Å². The Morgan fingerprint density at radius 2 is 2.32 bits per heavy atom. The molecule has 130 valence electrons. The lowest BCUT2D eigenvalue weighted by atomic mass is 9.98. The van der Waals surface area contributed by atoms with Crippen LogP contribution in [0.15, 0.2) is 21.5 Å². The zero-order valence-electron chi connectivity index (χ0n) is 14.3. The molecule has 0 spiro atoms. The Balaban J connectivity index is 2.10.